The van der Waals surface area contributed by atoms with Crippen molar-refractivity contribution in [3.05, 3.63) is 33.0 Å². The maximum absolute atomic E-state index is 11.7. The number of nitrogens with one attached hydrogen (secondary N) is 2. The van der Waals surface area contributed by atoms with Crippen molar-refractivity contribution >= 4 is 28.3 Å². The SMILES string of the molecule is CC1CCC(Cn2c(C(C)c3cscn3)nc3nc(-c4noc(=O)[nH]4)nc(N[C@H](C)C4CCC4)c32)CC1. The third-order valence-electron chi connectivity index (χ3n) is 8.36. The Labute approximate surface area is 219 Å². The predicted molar refractivity (Wildman–Crippen MR) is 143 cm³/mol. The van der Waals surface area contributed by atoms with E-state index >= 15 is 0 Å². The van der Waals surface area contributed by atoms with Crippen molar-refractivity contribution in [1.29, 1.82) is 0 Å². The summed E-state index contributed by atoms with van der Waals surface area (Å²) in [7, 11) is 0. The molecule has 2 atom stereocenters. The fourth-order valence-corrected chi connectivity index (χ4v) is 6.36. The number of imidazole rings is 1. The number of thiazole rings is 1. The smallest absolute Gasteiger partial charge is 0.365 e. The molecule has 0 saturated heterocycles. The monoisotopic (exact) mass is 522 g/mol. The highest BCUT2D eigenvalue weighted by atomic mass is 32.1. The van der Waals surface area contributed by atoms with Crippen molar-refractivity contribution in [3.63, 3.8) is 0 Å². The van der Waals surface area contributed by atoms with Gasteiger partial charge in [-0.25, -0.2) is 24.7 Å². The van der Waals surface area contributed by atoms with Gasteiger partial charge < -0.3 is 9.88 Å². The zero-order valence-corrected chi connectivity index (χ0v) is 22.4. The topological polar surface area (TPSA) is 127 Å². The van der Waals surface area contributed by atoms with Crippen LogP contribution in [0.2, 0.25) is 0 Å². The van der Waals surface area contributed by atoms with Gasteiger partial charge in [0.05, 0.1) is 17.1 Å². The van der Waals surface area contributed by atoms with Gasteiger partial charge in [0.2, 0.25) is 11.6 Å². The molecule has 1 unspecified atom stereocenters. The third kappa shape index (κ3) is 4.81. The molecule has 2 aliphatic rings. The molecule has 4 aromatic rings. The number of rotatable bonds is 8. The summed E-state index contributed by atoms with van der Waals surface area (Å²) in [6, 6.07) is 0.259. The van der Waals surface area contributed by atoms with E-state index in [-0.39, 0.29) is 17.8 Å². The summed E-state index contributed by atoms with van der Waals surface area (Å²) in [6.07, 6.45) is 8.66. The Balaban J connectivity index is 1.49. The number of aromatic nitrogens is 7. The van der Waals surface area contributed by atoms with E-state index in [2.05, 4.69) is 51.2 Å². The standard InChI is InChI=1S/C26H34N8O2S/c1-14-7-9-17(10-8-14)11-34-20-21(28-16(3)18-5-4-6-18)29-23(24-32-26(35)36-33-24)30-22(20)31-25(34)15(2)19-12-37-13-27-19/h12-18H,4-11H2,1-3H3,(H,28,29,30)(H,32,33,35)/t14?,15?,16-,17?/m1/s1. The number of nitrogens with zero attached hydrogens (tertiary/aromatic N) is 6. The van der Waals surface area contributed by atoms with Crippen LogP contribution in [0.15, 0.2) is 20.2 Å². The molecule has 0 bridgehead atoms. The second-order valence-corrected chi connectivity index (χ2v) is 11.7. The molecular weight excluding hydrogens is 488 g/mol. The second kappa shape index (κ2) is 10.00. The highest BCUT2D eigenvalue weighted by molar-refractivity contribution is 7.07. The first-order valence-corrected chi connectivity index (χ1v) is 14.4. The van der Waals surface area contributed by atoms with Crippen molar-refractivity contribution in [3.8, 4) is 11.6 Å². The van der Waals surface area contributed by atoms with Gasteiger partial charge in [0.1, 0.15) is 11.3 Å². The van der Waals surface area contributed by atoms with Gasteiger partial charge in [-0.3, -0.25) is 9.51 Å². The van der Waals surface area contributed by atoms with Crippen molar-refractivity contribution in [2.45, 2.75) is 84.2 Å². The minimum Gasteiger partial charge on any atom is -0.365 e. The summed E-state index contributed by atoms with van der Waals surface area (Å²) >= 11 is 1.60. The first-order chi connectivity index (χ1) is 18.0. The van der Waals surface area contributed by atoms with Gasteiger partial charge in [-0.2, -0.15) is 0 Å². The van der Waals surface area contributed by atoms with Crippen molar-refractivity contribution in [2.24, 2.45) is 17.8 Å². The van der Waals surface area contributed by atoms with Crippen LogP contribution in [0, 0.1) is 17.8 Å². The van der Waals surface area contributed by atoms with E-state index in [1.165, 1.54) is 44.9 Å². The van der Waals surface area contributed by atoms with Crippen LogP contribution >= 0.6 is 11.3 Å². The molecule has 0 aliphatic heterocycles. The fourth-order valence-electron chi connectivity index (χ4n) is 5.71. The molecule has 196 valence electrons. The van der Waals surface area contributed by atoms with Gasteiger partial charge in [-0.1, -0.05) is 31.3 Å². The molecule has 4 heterocycles. The van der Waals surface area contributed by atoms with Crippen molar-refractivity contribution in [1.82, 2.24) is 34.6 Å². The molecule has 0 spiro atoms. The molecule has 0 aromatic carbocycles. The van der Waals surface area contributed by atoms with Gasteiger partial charge in [0.25, 0.3) is 0 Å². The van der Waals surface area contributed by atoms with E-state index in [0.29, 0.717) is 23.3 Å². The lowest BCUT2D eigenvalue weighted by atomic mass is 9.80. The molecule has 2 fully saturated rings. The van der Waals surface area contributed by atoms with Gasteiger partial charge >= 0.3 is 5.76 Å². The molecule has 2 aliphatic carbocycles. The summed E-state index contributed by atoms with van der Waals surface area (Å²) in [6.45, 7) is 7.61. The van der Waals surface area contributed by atoms with Gasteiger partial charge in [-0.05, 0) is 57.3 Å². The fraction of sp³-hybridized carbons (Fsp3) is 0.615. The highest BCUT2D eigenvalue weighted by Gasteiger charge is 2.30. The molecule has 11 heteroatoms. The Morgan fingerprint density at radius 3 is 2.62 bits per heavy atom. The van der Waals surface area contributed by atoms with Crippen molar-refractivity contribution in [2.75, 3.05) is 5.32 Å². The van der Waals surface area contributed by atoms with E-state index in [4.69, 9.17) is 19.5 Å². The van der Waals surface area contributed by atoms with Crippen LogP contribution in [0.3, 0.4) is 0 Å². The van der Waals surface area contributed by atoms with Gasteiger partial charge in [0, 0.05) is 18.0 Å². The van der Waals surface area contributed by atoms with E-state index in [1.807, 2.05) is 5.51 Å². The van der Waals surface area contributed by atoms with Crippen LogP contribution in [0.4, 0.5) is 5.82 Å². The molecule has 10 nitrogen and oxygen atoms in total. The highest BCUT2D eigenvalue weighted by Crippen LogP contribution is 2.36. The molecule has 2 N–H and O–H groups in total. The Hall–Kier alpha value is -3.08. The normalized spacial score (nSPS) is 22.1. The van der Waals surface area contributed by atoms with Crippen LogP contribution in [-0.4, -0.2) is 40.7 Å². The van der Waals surface area contributed by atoms with Crippen LogP contribution in [0.25, 0.3) is 22.8 Å². The summed E-state index contributed by atoms with van der Waals surface area (Å²) in [5.74, 6) is 3.54. The lowest BCUT2D eigenvalue weighted by molar-refractivity contribution is 0.264. The van der Waals surface area contributed by atoms with E-state index in [0.717, 1.165) is 35.3 Å². The number of anilines is 1. The largest absolute Gasteiger partial charge is 0.439 e. The first kappa shape index (κ1) is 24.3. The average molecular weight is 523 g/mol. The molecular formula is C26H34N8O2S. The summed E-state index contributed by atoms with van der Waals surface area (Å²) in [5.41, 5.74) is 4.38. The summed E-state index contributed by atoms with van der Waals surface area (Å²) < 4.78 is 7.09. The average Bonchev–Trinajstić information content (AvgIpc) is 3.59. The molecule has 37 heavy (non-hydrogen) atoms. The molecule has 2 saturated carbocycles. The van der Waals surface area contributed by atoms with Crippen LogP contribution in [0.5, 0.6) is 0 Å². The zero-order chi connectivity index (χ0) is 25.5. The molecule has 0 amide bonds. The number of aromatic amines is 1. The maximum Gasteiger partial charge on any atom is 0.439 e. The summed E-state index contributed by atoms with van der Waals surface area (Å²) in [4.78, 5) is 33.6. The van der Waals surface area contributed by atoms with E-state index in [1.54, 1.807) is 11.3 Å². The van der Waals surface area contributed by atoms with Gasteiger partial charge in [0.15, 0.2) is 11.5 Å². The number of fused-ring (bicyclic) bond motifs is 1. The lowest BCUT2D eigenvalue weighted by Crippen LogP contribution is -2.31. The Bertz CT molecular complexity index is 1410. The van der Waals surface area contributed by atoms with E-state index in [9.17, 15) is 4.79 Å². The Morgan fingerprint density at radius 2 is 1.97 bits per heavy atom. The van der Waals surface area contributed by atoms with Crippen molar-refractivity contribution < 1.29 is 4.52 Å². The minimum absolute atomic E-state index is 0.00942. The third-order valence-corrected chi connectivity index (χ3v) is 8.97. The van der Waals surface area contributed by atoms with Crippen LogP contribution in [-0.2, 0) is 6.54 Å². The maximum atomic E-state index is 11.7. The van der Waals surface area contributed by atoms with Crippen LogP contribution < -0.4 is 11.1 Å². The minimum atomic E-state index is -0.633. The first-order valence-electron chi connectivity index (χ1n) is 13.5. The predicted octanol–water partition coefficient (Wildman–Crippen LogP) is 5.20. The zero-order valence-electron chi connectivity index (χ0n) is 21.6. The molecule has 4 aromatic heterocycles. The number of hydrogen-bond donors (Lipinski definition) is 2. The van der Waals surface area contributed by atoms with Gasteiger partial charge in [-0.15, -0.1) is 11.3 Å². The van der Waals surface area contributed by atoms with E-state index < -0.39 is 5.76 Å². The lowest BCUT2D eigenvalue weighted by Gasteiger charge is -2.32. The number of H-pyrrole nitrogens is 1. The number of hydrogen-bond acceptors (Lipinski definition) is 9. The Morgan fingerprint density at radius 1 is 1.16 bits per heavy atom. The Kier molecular flexibility index (Phi) is 6.56. The quantitative estimate of drug-likeness (QED) is 0.323. The summed E-state index contributed by atoms with van der Waals surface area (Å²) in [5, 5.41) is 9.63. The van der Waals surface area contributed by atoms with Crippen LogP contribution in [0.1, 0.15) is 83.2 Å². The second-order valence-electron chi connectivity index (χ2n) is 11.0. The molecule has 6 rings (SSSR count). The molecule has 0 radical (unpaired) electrons.